The monoisotopic (exact) mass is 285 g/mol. The lowest BCUT2D eigenvalue weighted by molar-refractivity contribution is 0.830. The highest BCUT2D eigenvalue weighted by Gasteiger charge is 2.13. The summed E-state index contributed by atoms with van der Waals surface area (Å²) in [7, 11) is 0. The highest BCUT2D eigenvalue weighted by Crippen LogP contribution is 2.24. The molecule has 22 heavy (non-hydrogen) atoms. The largest absolute Gasteiger partial charge is 0.318 e. The van der Waals surface area contributed by atoms with Crippen molar-refractivity contribution in [3.63, 3.8) is 0 Å². The summed E-state index contributed by atoms with van der Waals surface area (Å²) in [6.07, 6.45) is 1.81. The molecule has 0 spiro atoms. The molecule has 3 nitrogen and oxygen atoms in total. The van der Waals surface area contributed by atoms with Gasteiger partial charge in [0.1, 0.15) is 5.69 Å². The fraction of sp³-hybridized carbons (Fsp3) is 0.0526. The average Bonchev–Trinajstić information content (AvgIpc) is 2.95. The third-order valence-corrected chi connectivity index (χ3v) is 3.73. The van der Waals surface area contributed by atoms with Crippen LogP contribution in [0.1, 0.15) is 5.56 Å². The number of rotatable bonds is 3. The maximum absolute atomic E-state index is 4.78. The molecule has 0 fully saturated rings. The number of hydrogen-bond acceptors (Lipinski definition) is 2. The van der Waals surface area contributed by atoms with E-state index in [0.29, 0.717) is 0 Å². The van der Waals surface area contributed by atoms with Gasteiger partial charge in [-0.05, 0) is 29.8 Å². The minimum absolute atomic E-state index is 0.785. The second kappa shape index (κ2) is 5.45. The van der Waals surface area contributed by atoms with Gasteiger partial charge in [0, 0.05) is 12.7 Å². The molecule has 2 aromatic carbocycles. The number of para-hydroxylation sites is 2. The van der Waals surface area contributed by atoms with Crippen LogP contribution >= 0.6 is 0 Å². The second-order valence-corrected chi connectivity index (χ2v) is 5.21. The summed E-state index contributed by atoms with van der Waals surface area (Å²) in [4.78, 5) is 9.24. The first-order valence-electron chi connectivity index (χ1n) is 7.32. The van der Waals surface area contributed by atoms with Gasteiger partial charge in [-0.15, -0.1) is 0 Å². The highest BCUT2D eigenvalue weighted by molar-refractivity contribution is 5.80. The standard InChI is InChI=1S/C19H15N3/c1-2-8-15(9-3-1)14-22-18-12-5-4-10-16(18)21-19(22)17-11-6-7-13-20-17/h1-13H,14H2. The number of hydrogen-bond donors (Lipinski definition) is 0. The van der Waals surface area contributed by atoms with E-state index in [2.05, 4.69) is 39.9 Å². The summed E-state index contributed by atoms with van der Waals surface area (Å²) in [5, 5.41) is 0. The molecule has 0 bridgehead atoms. The molecule has 0 aliphatic carbocycles. The Kier molecular flexibility index (Phi) is 3.16. The zero-order valence-corrected chi connectivity index (χ0v) is 12.1. The Hall–Kier alpha value is -2.94. The lowest BCUT2D eigenvalue weighted by Gasteiger charge is -2.09. The second-order valence-electron chi connectivity index (χ2n) is 5.21. The van der Waals surface area contributed by atoms with Crippen LogP contribution in [-0.2, 0) is 6.54 Å². The lowest BCUT2D eigenvalue weighted by atomic mass is 10.2. The van der Waals surface area contributed by atoms with E-state index >= 15 is 0 Å². The van der Waals surface area contributed by atoms with Gasteiger partial charge in [-0.2, -0.15) is 0 Å². The van der Waals surface area contributed by atoms with Crippen molar-refractivity contribution in [1.82, 2.24) is 14.5 Å². The minimum Gasteiger partial charge on any atom is -0.318 e. The number of aromatic nitrogens is 3. The van der Waals surface area contributed by atoms with Crippen molar-refractivity contribution in [3.05, 3.63) is 84.6 Å². The summed E-state index contributed by atoms with van der Waals surface area (Å²) in [5.74, 6) is 0.908. The van der Waals surface area contributed by atoms with Gasteiger partial charge in [0.25, 0.3) is 0 Å². The van der Waals surface area contributed by atoms with Crippen LogP contribution in [0, 0.1) is 0 Å². The highest BCUT2D eigenvalue weighted by atomic mass is 15.1. The molecule has 3 heteroatoms. The molecule has 0 N–H and O–H groups in total. The fourth-order valence-corrected chi connectivity index (χ4v) is 2.69. The van der Waals surface area contributed by atoms with Crippen molar-refractivity contribution in [2.75, 3.05) is 0 Å². The van der Waals surface area contributed by atoms with Crippen molar-refractivity contribution >= 4 is 11.0 Å². The molecule has 4 rings (SSSR count). The molecule has 2 aromatic heterocycles. The Morgan fingerprint density at radius 3 is 2.36 bits per heavy atom. The maximum atomic E-state index is 4.78. The predicted molar refractivity (Wildman–Crippen MR) is 88.5 cm³/mol. The maximum Gasteiger partial charge on any atom is 0.160 e. The molecule has 106 valence electrons. The third kappa shape index (κ3) is 2.27. The number of pyridine rings is 1. The van der Waals surface area contributed by atoms with E-state index in [1.165, 1.54) is 5.56 Å². The zero-order valence-electron chi connectivity index (χ0n) is 12.1. The summed E-state index contributed by atoms with van der Waals surface area (Å²) < 4.78 is 2.23. The minimum atomic E-state index is 0.785. The molecule has 0 atom stereocenters. The fourth-order valence-electron chi connectivity index (χ4n) is 2.69. The molecular formula is C19H15N3. The van der Waals surface area contributed by atoms with Crippen LogP contribution < -0.4 is 0 Å². The van der Waals surface area contributed by atoms with Gasteiger partial charge in [-0.3, -0.25) is 4.98 Å². The summed E-state index contributed by atoms with van der Waals surface area (Å²) >= 11 is 0. The Morgan fingerprint density at radius 1 is 0.773 bits per heavy atom. The molecule has 0 saturated heterocycles. The average molecular weight is 285 g/mol. The van der Waals surface area contributed by atoms with E-state index in [-0.39, 0.29) is 0 Å². The molecule has 2 heterocycles. The Morgan fingerprint density at radius 2 is 1.55 bits per heavy atom. The number of nitrogens with zero attached hydrogens (tertiary/aromatic N) is 3. The van der Waals surface area contributed by atoms with Crippen molar-refractivity contribution in [3.8, 4) is 11.5 Å². The summed E-state index contributed by atoms with van der Waals surface area (Å²) in [6, 6.07) is 24.6. The van der Waals surface area contributed by atoms with Gasteiger partial charge >= 0.3 is 0 Å². The Labute approximate surface area is 128 Å². The van der Waals surface area contributed by atoms with Crippen LogP contribution in [0.2, 0.25) is 0 Å². The quantitative estimate of drug-likeness (QED) is 0.566. The van der Waals surface area contributed by atoms with Crippen LogP contribution in [0.25, 0.3) is 22.6 Å². The summed E-state index contributed by atoms with van der Waals surface area (Å²) in [5.41, 5.74) is 4.28. The SMILES string of the molecule is c1ccc(Cn2c(-c3ccccn3)nc3ccccc32)cc1. The Balaban J connectivity index is 1.91. The van der Waals surface area contributed by atoms with Gasteiger partial charge in [-0.25, -0.2) is 4.98 Å². The van der Waals surface area contributed by atoms with Gasteiger partial charge in [-0.1, -0.05) is 48.5 Å². The van der Waals surface area contributed by atoms with Crippen molar-refractivity contribution in [2.45, 2.75) is 6.54 Å². The van der Waals surface area contributed by atoms with Gasteiger partial charge in [0.05, 0.1) is 11.0 Å². The van der Waals surface area contributed by atoms with Crippen LogP contribution in [0.3, 0.4) is 0 Å². The van der Waals surface area contributed by atoms with E-state index < -0.39 is 0 Å². The van der Waals surface area contributed by atoms with E-state index in [1.807, 2.05) is 48.7 Å². The first-order valence-corrected chi connectivity index (χ1v) is 7.32. The normalized spacial score (nSPS) is 10.9. The molecule has 0 amide bonds. The van der Waals surface area contributed by atoms with Crippen LogP contribution in [-0.4, -0.2) is 14.5 Å². The third-order valence-electron chi connectivity index (χ3n) is 3.73. The molecule has 0 aliphatic heterocycles. The zero-order chi connectivity index (χ0) is 14.8. The molecule has 0 saturated carbocycles. The topological polar surface area (TPSA) is 30.7 Å². The number of imidazole rings is 1. The first kappa shape index (κ1) is 12.8. The van der Waals surface area contributed by atoms with E-state index in [9.17, 15) is 0 Å². The van der Waals surface area contributed by atoms with E-state index in [4.69, 9.17) is 4.98 Å². The van der Waals surface area contributed by atoms with Crippen LogP contribution in [0.5, 0.6) is 0 Å². The van der Waals surface area contributed by atoms with Crippen LogP contribution in [0.15, 0.2) is 79.0 Å². The summed E-state index contributed by atoms with van der Waals surface area (Å²) in [6.45, 7) is 0.785. The molecule has 0 aliphatic rings. The molecule has 0 unspecified atom stereocenters. The Bertz CT molecular complexity index is 896. The van der Waals surface area contributed by atoms with Crippen molar-refractivity contribution in [1.29, 1.82) is 0 Å². The van der Waals surface area contributed by atoms with E-state index in [1.54, 1.807) is 0 Å². The van der Waals surface area contributed by atoms with Crippen LogP contribution in [0.4, 0.5) is 0 Å². The van der Waals surface area contributed by atoms with Gasteiger partial charge < -0.3 is 4.57 Å². The van der Waals surface area contributed by atoms with Crippen molar-refractivity contribution < 1.29 is 0 Å². The first-order chi connectivity index (χ1) is 10.9. The molecular weight excluding hydrogens is 270 g/mol. The van der Waals surface area contributed by atoms with Gasteiger partial charge in [0.2, 0.25) is 0 Å². The number of benzene rings is 2. The predicted octanol–water partition coefficient (Wildman–Crippen LogP) is 4.15. The number of fused-ring (bicyclic) bond motifs is 1. The lowest BCUT2D eigenvalue weighted by Crippen LogP contribution is -2.02. The van der Waals surface area contributed by atoms with Crippen molar-refractivity contribution in [2.24, 2.45) is 0 Å². The molecule has 4 aromatic rings. The van der Waals surface area contributed by atoms with Gasteiger partial charge in [0.15, 0.2) is 5.82 Å². The van der Waals surface area contributed by atoms with E-state index in [0.717, 1.165) is 29.1 Å². The smallest absolute Gasteiger partial charge is 0.160 e. The molecule has 0 radical (unpaired) electrons.